The number of nitrogens with one attached hydrogen (secondary N) is 1. The van der Waals surface area contributed by atoms with Gasteiger partial charge in [-0.2, -0.15) is 0 Å². The number of rotatable bonds is 7. The molecule has 0 aliphatic heterocycles. The van der Waals surface area contributed by atoms with Gasteiger partial charge in [-0.25, -0.2) is 0 Å². The van der Waals surface area contributed by atoms with Crippen LogP contribution in [-0.2, 0) is 12.0 Å². The van der Waals surface area contributed by atoms with Crippen LogP contribution in [0.1, 0.15) is 18.1 Å². The second-order valence-corrected chi connectivity index (χ2v) is 5.98. The SMILES string of the molecule is CNCC(C)(CN(C)Cc1ccncc1)c1ccccc1. The van der Waals surface area contributed by atoms with Gasteiger partial charge in [0.15, 0.2) is 0 Å². The lowest BCUT2D eigenvalue weighted by Crippen LogP contribution is -2.43. The Morgan fingerprint density at radius 2 is 1.76 bits per heavy atom. The molecular formula is C18H25N3. The standard InChI is InChI=1S/C18H25N3/c1-18(14-19-2,17-7-5-4-6-8-17)15-21(3)13-16-9-11-20-12-10-16/h4-12,19H,13-15H2,1-3H3. The van der Waals surface area contributed by atoms with E-state index >= 15 is 0 Å². The Morgan fingerprint density at radius 1 is 1.10 bits per heavy atom. The lowest BCUT2D eigenvalue weighted by atomic mass is 9.81. The minimum absolute atomic E-state index is 0.0950. The van der Waals surface area contributed by atoms with E-state index in [-0.39, 0.29) is 5.41 Å². The fourth-order valence-corrected chi connectivity index (χ4v) is 2.93. The summed E-state index contributed by atoms with van der Waals surface area (Å²) in [5.41, 5.74) is 2.77. The lowest BCUT2D eigenvalue weighted by molar-refractivity contribution is 0.245. The van der Waals surface area contributed by atoms with Gasteiger partial charge in [0.25, 0.3) is 0 Å². The van der Waals surface area contributed by atoms with Gasteiger partial charge in [-0.15, -0.1) is 0 Å². The summed E-state index contributed by atoms with van der Waals surface area (Å²) in [4.78, 5) is 6.45. The number of benzene rings is 1. The number of hydrogen-bond acceptors (Lipinski definition) is 3. The van der Waals surface area contributed by atoms with E-state index in [0.29, 0.717) is 0 Å². The summed E-state index contributed by atoms with van der Waals surface area (Å²) in [6, 6.07) is 14.9. The van der Waals surface area contributed by atoms with Crippen molar-refractivity contribution in [2.45, 2.75) is 18.9 Å². The van der Waals surface area contributed by atoms with Crippen molar-refractivity contribution >= 4 is 0 Å². The van der Waals surface area contributed by atoms with Crippen LogP contribution in [-0.4, -0.2) is 37.1 Å². The summed E-state index contributed by atoms with van der Waals surface area (Å²) in [7, 11) is 4.20. The van der Waals surface area contributed by atoms with Gasteiger partial charge in [0.05, 0.1) is 0 Å². The first-order valence-corrected chi connectivity index (χ1v) is 7.41. The van der Waals surface area contributed by atoms with Crippen LogP contribution in [0.4, 0.5) is 0 Å². The fourth-order valence-electron chi connectivity index (χ4n) is 2.93. The summed E-state index contributed by atoms with van der Waals surface area (Å²) in [5.74, 6) is 0. The fraction of sp³-hybridized carbons (Fsp3) is 0.389. The highest BCUT2D eigenvalue weighted by molar-refractivity contribution is 5.25. The molecule has 0 saturated heterocycles. The van der Waals surface area contributed by atoms with E-state index in [1.807, 2.05) is 19.4 Å². The summed E-state index contributed by atoms with van der Waals surface area (Å²) in [6.45, 7) is 5.22. The second kappa shape index (κ2) is 7.34. The molecule has 0 radical (unpaired) electrons. The zero-order valence-corrected chi connectivity index (χ0v) is 13.2. The number of nitrogens with zero attached hydrogens (tertiary/aromatic N) is 2. The highest BCUT2D eigenvalue weighted by Crippen LogP contribution is 2.24. The smallest absolute Gasteiger partial charge is 0.0271 e. The molecule has 0 aliphatic carbocycles. The minimum Gasteiger partial charge on any atom is -0.319 e. The number of likely N-dealkylation sites (N-methyl/N-ethyl adjacent to an activating group) is 2. The highest BCUT2D eigenvalue weighted by atomic mass is 15.1. The van der Waals surface area contributed by atoms with E-state index in [0.717, 1.165) is 19.6 Å². The van der Waals surface area contributed by atoms with Crippen molar-refractivity contribution in [3.05, 3.63) is 66.0 Å². The van der Waals surface area contributed by atoms with Crippen molar-refractivity contribution in [1.29, 1.82) is 0 Å². The maximum absolute atomic E-state index is 4.08. The summed E-state index contributed by atoms with van der Waals surface area (Å²) >= 11 is 0. The summed E-state index contributed by atoms with van der Waals surface area (Å²) in [5, 5.41) is 3.34. The topological polar surface area (TPSA) is 28.2 Å². The first kappa shape index (κ1) is 15.7. The van der Waals surface area contributed by atoms with Crippen LogP contribution in [0.25, 0.3) is 0 Å². The first-order valence-electron chi connectivity index (χ1n) is 7.41. The van der Waals surface area contributed by atoms with Gasteiger partial charge in [-0.3, -0.25) is 4.98 Å². The van der Waals surface area contributed by atoms with E-state index in [4.69, 9.17) is 0 Å². The molecule has 1 N–H and O–H groups in total. The molecule has 1 aromatic carbocycles. The zero-order valence-electron chi connectivity index (χ0n) is 13.2. The van der Waals surface area contributed by atoms with Gasteiger partial charge in [-0.05, 0) is 37.4 Å². The van der Waals surface area contributed by atoms with Crippen LogP contribution in [0.3, 0.4) is 0 Å². The van der Waals surface area contributed by atoms with Crippen molar-refractivity contribution in [3.63, 3.8) is 0 Å². The lowest BCUT2D eigenvalue weighted by Gasteiger charge is -2.34. The van der Waals surface area contributed by atoms with Crippen LogP contribution < -0.4 is 5.32 Å². The third-order valence-electron chi connectivity index (χ3n) is 3.86. The Hall–Kier alpha value is -1.71. The molecule has 3 heteroatoms. The molecule has 0 fully saturated rings. The highest BCUT2D eigenvalue weighted by Gasteiger charge is 2.27. The average molecular weight is 283 g/mol. The maximum atomic E-state index is 4.08. The third kappa shape index (κ3) is 4.38. The zero-order chi connectivity index (χ0) is 15.1. The van der Waals surface area contributed by atoms with Crippen LogP contribution >= 0.6 is 0 Å². The molecule has 0 aliphatic rings. The predicted molar refractivity (Wildman–Crippen MR) is 88.3 cm³/mol. The Labute approximate surface area is 128 Å². The van der Waals surface area contributed by atoms with Crippen LogP contribution in [0, 0.1) is 0 Å². The molecule has 0 amide bonds. The van der Waals surface area contributed by atoms with Crippen molar-refractivity contribution in [2.75, 3.05) is 27.2 Å². The van der Waals surface area contributed by atoms with Crippen LogP contribution in [0.2, 0.25) is 0 Å². The first-order chi connectivity index (χ1) is 10.1. The summed E-state index contributed by atoms with van der Waals surface area (Å²) < 4.78 is 0. The van der Waals surface area contributed by atoms with E-state index in [1.165, 1.54) is 11.1 Å². The van der Waals surface area contributed by atoms with Crippen LogP contribution in [0.5, 0.6) is 0 Å². The quantitative estimate of drug-likeness (QED) is 0.847. The third-order valence-corrected chi connectivity index (χ3v) is 3.86. The van der Waals surface area contributed by atoms with Crippen molar-refractivity contribution in [2.24, 2.45) is 0 Å². The molecule has 1 atom stereocenters. The monoisotopic (exact) mass is 283 g/mol. The molecule has 21 heavy (non-hydrogen) atoms. The number of hydrogen-bond donors (Lipinski definition) is 1. The molecule has 2 rings (SSSR count). The Morgan fingerprint density at radius 3 is 2.38 bits per heavy atom. The molecule has 0 saturated carbocycles. The summed E-state index contributed by atoms with van der Waals surface area (Å²) in [6.07, 6.45) is 3.71. The van der Waals surface area contributed by atoms with Gasteiger partial charge < -0.3 is 10.2 Å². The van der Waals surface area contributed by atoms with E-state index in [2.05, 4.69) is 71.6 Å². The molecule has 2 aromatic rings. The van der Waals surface area contributed by atoms with Crippen molar-refractivity contribution < 1.29 is 0 Å². The Kier molecular flexibility index (Phi) is 5.48. The van der Waals surface area contributed by atoms with Gasteiger partial charge in [0.2, 0.25) is 0 Å². The van der Waals surface area contributed by atoms with Gasteiger partial charge in [-0.1, -0.05) is 37.3 Å². The largest absolute Gasteiger partial charge is 0.319 e. The minimum atomic E-state index is 0.0950. The van der Waals surface area contributed by atoms with E-state index in [1.54, 1.807) is 0 Å². The van der Waals surface area contributed by atoms with Crippen molar-refractivity contribution in [3.8, 4) is 0 Å². The van der Waals surface area contributed by atoms with E-state index < -0.39 is 0 Å². The van der Waals surface area contributed by atoms with Crippen LogP contribution in [0.15, 0.2) is 54.9 Å². The normalized spacial score (nSPS) is 14.1. The number of aromatic nitrogens is 1. The second-order valence-electron chi connectivity index (χ2n) is 5.98. The molecule has 0 spiro atoms. The van der Waals surface area contributed by atoms with Gasteiger partial charge >= 0.3 is 0 Å². The molecule has 112 valence electrons. The Balaban J connectivity index is 2.09. The van der Waals surface area contributed by atoms with E-state index in [9.17, 15) is 0 Å². The molecule has 0 bridgehead atoms. The molecule has 1 unspecified atom stereocenters. The predicted octanol–water partition coefficient (Wildman–Crippen LogP) is 2.69. The number of pyridine rings is 1. The maximum Gasteiger partial charge on any atom is 0.0271 e. The molecule has 3 nitrogen and oxygen atoms in total. The van der Waals surface area contributed by atoms with Gasteiger partial charge in [0, 0.05) is 37.4 Å². The Bertz CT molecular complexity index is 527. The molecular weight excluding hydrogens is 258 g/mol. The molecule has 1 heterocycles. The molecule has 1 aromatic heterocycles. The van der Waals surface area contributed by atoms with Crippen molar-refractivity contribution in [1.82, 2.24) is 15.2 Å². The average Bonchev–Trinajstić information content (AvgIpc) is 2.49. The van der Waals surface area contributed by atoms with Gasteiger partial charge in [0.1, 0.15) is 0 Å².